The Hall–Kier alpha value is -2.51. The molecular weight excluding hydrogens is 370 g/mol. The number of hydrogen-bond acceptors (Lipinski definition) is 5. The average molecular weight is 397 g/mol. The van der Waals surface area contributed by atoms with E-state index in [0.29, 0.717) is 51.4 Å². The summed E-state index contributed by atoms with van der Waals surface area (Å²) in [7, 11) is 1.66. The maximum absolute atomic E-state index is 13.3. The molecule has 0 N–H and O–H groups in total. The first-order valence-electron chi connectivity index (χ1n) is 10.1. The van der Waals surface area contributed by atoms with Crippen LogP contribution in [-0.4, -0.2) is 78.7 Å². The molecule has 1 atom stereocenters. The molecule has 7 nitrogen and oxygen atoms in total. The third kappa shape index (κ3) is 3.97. The second kappa shape index (κ2) is 8.47. The first kappa shape index (κ1) is 19.8. The van der Waals surface area contributed by atoms with Crippen molar-refractivity contribution in [2.45, 2.75) is 24.8 Å². The van der Waals surface area contributed by atoms with E-state index in [1.54, 1.807) is 13.3 Å². The molecule has 0 aliphatic carbocycles. The number of ether oxygens (including phenoxy) is 2. The Morgan fingerprint density at radius 1 is 1.34 bits per heavy atom. The summed E-state index contributed by atoms with van der Waals surface area (Å²) in [5, 5.41) is 0.935. The van der Waals surface area contributed by atoms with Gasteiger partial charge in [-0.25, -0.2) is 0 Å². The van der Waals surface area contributed by atoms with Crippen LogP contribution in [0.15, 0.2) is 36.5 Å². The molecule has 3 heterocycles. The van der Waals surface area contributed by atoms with Gasteiger partial charge in [-0.2, -0.15) is 0 Å². The third-order valence-electron chi connectivity index (χ3n) is 5.90. The van der Waals surface area contributed by atoms with Crippen molar-refractivity contribution in [2.24, 2.45) is 0 Å². The molecule has 4 rings (SSSR count). The minimum absolute atomic E-state index is 0.0476. The van der Waals surface area contributed by atoms with Gasteiger partial charge in [-0.05, 0) is 37.1 Å². The average Bonchev–Trinajstić information content (AvgIpc) is 3.17. The molecule has 1 aromatic heterocycles. The molecule has 1 unspecified atom stereocenters. The summed E-state index contributed by atoms with van der Waals surface area (Å²) in [6.07, 6.45) is 3.59. The Balaban J connectivity index is 1.59. The normalized spacial score (nSPS) is 22.4. The van der Waals surface area contributed by atoms with Crippen LogP contribution in [0.4, 0.5) is 0 Å². The fourth-order valence-corrected chi connectivity index (χ4v) is 4.38. The van der Waals surface area contributed by atoms with Crippen LogP contribution in [0.1, 0.15) is 29.6 Å². The molecule has 0 bridgehead atoms. The van der Waals surface area contributed by atoms with Crippen LogP contribution in [0.5, 0.6) is 0 Å². The number of hydrogen-bond donors (Lipinski definition) is 0. The van der Waals surface area contributed by atoms with Gasteiger partial charge in [0.25, 0.3) is 5.91 Å². The molecule has 7 heteroatoms. The Morgan fingerprint density at radius 3 is 3.03 bits per heavy atom. The van der Waals surface area contributed by atoms with Gasteiger partial charge >= 0.3 is 0 Å². The number of rotatable bonds is 5. The quantitative estimate of drug-likeness (QED) is 0.723. The van der Waals surface area contributed by atoms with E-state index in [0.717, 1.165) is 23.7 Å². The number of aromatic nitrogens is 1. The summed E-state index contributed by atoms with van der Waals surface area (Å²) in [6, 6.07) is 9.39. The minimum atomic E-state index is -0.449. The number of fused-ring (bicyclic) bond motifs is 1. The van der Waals surface area contributed by atoms with Crippen LogP contribution in [-0.2, 0) is 14.3 Å². The van der Waals surface area contributed by atoms with E-state index in [2.05, 4.69) is 4.98 Å². The summed E-state index contributed by atoms with van der Waals surface area (Å²) in [4.78, 5) is 34.3. The molecule has 2 aliphatic rings. The van der Waals surface area contributed by atoms with Crippen molar-refractivity contribution in [3.05, 3.63) is 42.1 Å². The monoisotopic (exact) mass is 397 g/mol. The molecule has 2 saturated heterocycles. The van der Waals surface area contributed by atoms with Crippen LogP contribution in [0.3, 0.4) is 0 Å². The van der Waals surface area contributed by atoms with E-state index in [1.165, 1.54) is 0 Å². The Kier molecular flexibility index (Phi) is 5.78. The topological polar surface area (TPSA) is 72.0 Å². The molecule has 2 aliphatic heterocycles. The lowest BCUT2D eigenvalue weighted by molar-refractivity contribution is -0.136. The van der Waals surface area contributed by atoms with Gasteiger partial charge < -0.3 is 19.3 Å². The highest BCUT2D eigenvalue weighted by molar-refractivity contribution is 5.98. The van der Waals surface area contributed by atoms with Gasteiger partial charge in [-0.15, -0.1) is 0 Å². The van der Waals surface area contributed by atoms with Gasteiger partial charge in [0.1, 0.15) is 0 Å². The number of carbonyl (C=O) groups is 2. The highest BCUT2D eigenvalue weighted by Crippen LogP contribution is 2.31. The fraction of sp³-hybridized carbons (Fsp3) is 0.500. The Bertz CT molecular complexity index is 895. The fourth-order valence-electron chi connectivity index (χ4n) is 4.38. The number of pyridine rings is 1. The van der Waals surface area contributed by atoms with E-state index < -0.39 is 5.54 Å². The number of amides is 2. The molecular formula is C22H27N3O4. The van der Waals surface area contributed by atoms with E-state index in [9.17, 15) is 9.59 Å². The van der Waals surface area contributed by atoms with Gasteiger partial charge in [0.05, 0.1) is 17.7 Å². The highest BCUT2D eigenvalue weighted by Gasteiger charge is 2.46. The molecule has 154 valence electrons. The SMILES string of the molecule is COCCCN1C(=O)CCN(C(=O)c2ccc3ncccc3c2)CC12CCOC2. The zero-order valence-corrected chi connectivity index (χ0v) is 16.8. The number of carbonyl (C=O) groups excluding carboxylic acids is 2. The van der Waals surface area contributed by atoms with Crippen LogP contribution in [0, 0.1) is 0 Å². The van der Waals surface area contributed by atoms with E-state index in [1.807, 2.05) is 40.1 Å². The third-order valence-corrected chi connectivity index (χ3v) is 5.90. The van der Waals surface area contributed by atoms with Crippen LogP contribution in [0.25, 0.3) is 10.9 Å². The standard InChI is InChI=1S/C22H27N3O4/c1-28-12-3-10-25-20(26)7-11-24(15-22(25)8-13-29-16-22)21(27)18-5-6-19-17(14-18)4-2-9-23-19/h2,4-6,9,14H,3,7-8,10-13,15-16H2,1H3. The number of methoxy groups -OCH3 is 1. The first-order chi connectivity index (χ1) is 14.1. The summed E-state index contributed by atoms with van der Waals surface area (Å²) in [5.41, 5.74) is 1.04. The lowest BCUT2D eigenvalue weighted by Gasteiger charge is -2.40. The van der Waals surface area contributed by atoms with Gasteiger partial charge in [0, 0.05) is 63.5 Å². The Morgan fingerprint density at radius 2 is 2.24 bits per heavy atom. The summed E-state index contributed by atoms with van der Waals surface area (Å²) >= 11 is 0. The molecule has 1 spiro atoms. The number of benzene rings is 1. The van der Waals surface area contributed by atoms with Gasteiger partial charge in [-0.1, -0.05) is 6.07 Å². The van der Waals surface area contributed by atoms with Crippen molar-refractivity contribution in [1.29, 1.82) is 0 Å². The number of nitrogens with zero attached hydrogens (tertiary/aromatic N) is 3. The molecule has 0 saturated carbocycles. The molecule has 29 heavy (non-hydrogen) atoms. The largest absolute Gasteiger partial charge is 0.385 e. The zero-order chi connectivity index (χ0) is 20.3. The van der Waals surface area contributed by atoms with Crippen LogP contribution < -0.4 is 0 Å². The molecule has 2 aromatic rings. The molecule has 2 amide bonds. The highest BCUT2D eigenvalue weighted by atomic mass is 16.5. The second-order valence-corrected chi connectivity index (χ2v) is 7.81. The van der Waals surface area contributed by atoms with Crippen LogP contribution in [0.2, 0.25) is 0 Å². The van der Waals surface area contributed by atoms with Crippen molar-refractivity contribution in [2.75, 3.05) is 46.6 Å². The van der Waals surface area contributed by atoms with Crippen molar-refractivity contribution in [3.63, 3.8) is 0 Å². The van der Waals surface area contributed by atoms with Gasteiger partial charge in [-0.3, -0.25) is 14.6 Å². The second-order valence-electron chi connectivity index (χ2n) is 7.81. The Labute approximate surface area is 170 Å². The van der Waals surface area contributed by atoms with Gasteiger partial charge in [0.15, 0.2) is 0 Å². The van der Waals surface area contributed by atoms with E-state index >= 15 is 0 Å². The van der Waals surface area contributed by atoms with Gasteiger partial charge in [0.2, 0.25) is 5.91 Å². The van der Waals surface area contributed by atoms with E-state index in [4.69, 9.17) is 9.47 Å². The minimum Gasteiger partial charge on any atom is -0.385 e. The lowest BCUT2D eigenvalue weighted by atomic mass is 9.94. The smallest absolute Gasteiger partial charge is 0.253 e. The van der Waals surface area contributed by atoms with Crippen molar-refractivity contribution in [3.8, 4) is 0 Å². The summed E-state index contributed by atoms with van der Waals surface area (Å²) < 4.78 is 10.9. The zero-order valence-electron chi connectivity index (χ0n) is 16.8. The molecule has 2 fully saturated rings. The maximum atomic E-state index is 13.3. The maximum Gasteiger partial charge on any atom is 0.253 e. The predicted octanol–water partition coefficient (Wildman–Crippen LogP) is 2.10. The first-order valence-corrected chi connectivity index (χ1v) is 10.1. The molecule has 1 aromatic carbocycles. The van der Waals surface area contributed by atoms with Crippen molar-refractivity contribution >= 4 is 22.7 Å². The van der Waals surface area contributed by atoms with E-state index in [-0.39, 0.29) is 11.8 Å². The van der Waals surface area contributed by atoms with Crippen LogP contribution >= 0.6 is 0 Å². The lowest BCUT2D eigenvalue weighted by Crippen LogP contribution is -2.57. The predicted molar refractivity (Wildman–Crippen MR) is 109 cm³/mol. The van der Waals surface area contributed by atoms with Crippen molar-refractivity contribution in [1.82, 2.24) is 14.8 Å². The summed E-state index contributed by atoms with van der Waals surface area (Å²) in [6.45, 7) is 3.23. The van der Waals surface area contributed by atoms with Crippen molar-refractivity contribution < 1.29 is 19.1 Å². The summed E-state index contributed by atoms with van der Waals surface area (Å²) in [5.74, 6) is 0.0400. The molecule has 0 radical (unpaired) electrons.